The summed E-state index contributed by atoms with van der Waals surface area (Å²) in [5.74, 6) is 0.980. The maximum atomic E-state index is 13.1. The van der Waals surface area contributed by atoms with E-state index in [1.165, 1.54) is 0 Å². The molecule has 8 heteroatoms. The summed E-state index contributed by atoms with van der Waals surface area (Å²) in [6.45, 7) is 1.65. The summed E-state index contributed by atoms with van der Waals surface area (Å²) in [5, 5.41) is 23.0. The molecule has 3 aromatic carbocycles. The number of aromatic nitrogens is 1. The molecule has 1 saturated heterocycles. The zero-order chi connectivity index (χ0) is 26.2. The van der Waals surface area contributed by atoms with Crippen LogP contribution in [0, 0.1) is 22.7 Å². The fourth-order valence-electron chi connectivity index (χ4n) is 5.67. The summed E-state index contributed by atoms with van der Waals surface area (Å²) in [6.07, 6.45) is 4.38. The number of nitrogens with zero attached hydrogens (tertiary/aromatic N) is 5. The lowest BCUT2D eigenvalue weighted by Crippen LogP contribution is -2.35. The van der Waals surface area contributed by atoms with Crippen molar-refractivity contribution in [3.63, 3.8) is 0 Å². The first-order valence-electron chi connectivity index (χ1n) is 12.7. The molecule has 1 atom stereocenters. The summed E-state index contributed by atoms with van der Waals surface area (Å²) in [6, 6.07) is 19.6. The average molecular weight is 504 g/mol. The highest BCUT2D eigenvalue weighted by atomic mass is 16.5. The van der Waals surface area contributed by atoms with E-state index in [4.69, 9.17) is 9.47 Å². The van der Waals surface area contributed by atoms with Crippen molar-refractivity contribution in [3.8, 4) is 23.6 Å². The first-order valence-corrected chi connectivity index (χ1v) is 12.7. The summed E-state index contributed by atoms with van der Waals surface area (Å²) in [7, 11) is 1.56. The molecular formula is C30H25N5O3. The number of aliphatic imine (C=N–C) groups is 1. The number of nitriles is 2. The van der Waals surface area contributed by atoms with Crippen LogP contribution in [-0.2, 0) is 6.54 Å². The zero-order valence-corrected chi connectivity index (χ0v) is 21.0. The van der Waals surface area contributed by atoms with Crippen LogP contribution in [-0.4, -0.2) is 47.9 Å². The largest absolute Gasteiger partial charge is 0.493 e. The van der Waals surface area contributed by atoms with Crippen molar-refractivity contribution in [3.05, 3.63) is 59.4 Å². The molecule has 0 unspecified atom stereocenters. The molecule has 1 amide bonds. The molecule has 0 aliphatic carbocycles. The van der Waals surface area contributed by atoms with Crippen LogP contribution < -0.4 is 14.8 Å². The van der Waals surface area contributed by atoms with E-state index < -0.39 is 0 Å². The number of methoxy groups -OCH3 is 1. The standard InChI is InChI=1S/C30H25N5O3/c1-37-26-14-23-24(33-18-21-8-4-11-34(21)30(23)36)15-27(26)38-13-5-12-35-25-10-3-7-19-6-2-9-22(28(19)25)29(35)20(16-31)17-32/h2-3,6-7,9-10,14-15,18,21H,4-5,8,11-13H2,1H3/t21-/m0/s1. The van der Waals surface area contributed by atoms with Crippen molar-refractivity contribution in [1.82, 2.24) is 9.47 Å². The topological polar surface area (TPSA) is 104 Å². The normalized spacial score (nSPS) is 16.1. The van der Waals surface area contributed by atoms with Crippen LogP contribution in [0.1, 0.15) is 29.6 Å². The molecule has 8 nitrogen and oxygen atoms in total. The van der Waals surface area contributed by atoms with Gasteiger partial charge in [0.05, 0.1) is 36.4 Å². The van der Waals surface area contributed by atoms with Crippen LogP contribution in [0.3, 0.4) is 0 Å². The van der Waals surface area contributed by atoms with Crippen LogP contribution in [0.5, 0.6) is 11.5 Å². The quantitative estimate of drug-likeness (QED) is 0.360. The predicted molar refractivity (Wildman–Crippen MR) is 145 cm³/mol. The van der Waals surface area contributed by atoms with Crippen LogP contribution in [0.2, 0.25) is 0 Å². The van der Waals surface area contributed by atoms with Crippen molar-refractivity contribution in [2.24, 2.45) is 4.99 Å². The highest BCUT2D eigenvalue weighted by Gasteiger charge is 2.32. The molecule has 0 radical (unpaired) electrons. The van der Waals surface area contributed by atoms with E-state index in [1.54, 1.807) is 19.2 Å². The lowest BCUT2D eigenvalue weighted by molar-refractivity contribution is 0.0774. The second kappa shape index (κ2) is 9.57. The maximum Gasteiger partial charge on any atom is 0.256 e. The van der Waals surface area contributed by atoms with Gasteiger partial charge >= 0.3 is 0 Å². The number of hydrogen-bond donors (Lipinski definition) is 0. The molecule has 188 valence electrons. The van der Waals surface area contributed by atoms with Crippen molar-refractivity contribution >= 4 is 45.1 Å². The van der Waals surface area contributed by atoms with Gasteiger partial charge in [-0.3, -0.25) is 9.79 Å². The summed E-state index contributed by atoms with van der Waals surface area (Å²) >= 11 is 0. The summed E-state index contributed by atoms with van der Waals surface area (Å²) < 4.78 is 13.7. The van der Waals surface area contributed by atoms with Crippen molar-refractivity contribution in [1.29, 1.82) is 10.5 Å². The number of rotatable bonds is 6. The van der Waals surface area contributed by atoms with Gasteiger partial charge in [-0.05, 0) is 36.8 Å². The van der Waals surface area contributed by atoms with Gasteiger partial charge in [0, 0.05) is 41.7 Å². The Morgan fingerprint density at radius 1 is 1.13 bits per heavy atom. The lowest BCUT2D eigenvalue weighted by atomic mass is 10.1. The fraction of sp³-hybridized carbons (Fsp3) is 0.267. The second-order valence-corrected chi connectivity index (χ2v) is 9.49. The number of carbonyl (C=O) groups excluding carboxylic acids is 1. The maximum absolute atomic E-state index is 13.1. The number of carbonyl (C=O) groups is 1. The van der Waals surface area contributed by atoms with Crippen molar-refractivity contribution < 1.29 is 14.3 Å². The Kier molecular flexibility index (Phi) is 5.94. The Hall–Kier alpha value is -4.82. The van der Waals surface area contributed by atoms with Gasteiger partial charge < -0.3 is 18.9 Å². The van der Waals surface area contributed by atoms with Gasteiger partial charge in [0.25, 0.3) is 5.91 Å². The predicted octanol–water partition coefficient (Wildman–Crippen LogP) is 4.51. The molecule has 0 bridgehead atoms. The molecule has 2 aliphatic rings. The Bertz CT molecular complexity index is 1730. The van der Waals surface area contributed by atoms with Crippen LogP contribution in [0.15, 0.2) is 53.5 Å². The third-order valence-corrected chi connectivity index (χ3v) is 7.40. The van der Waals surface area contributed by atoms with Crippen molar-refractivity contribution in [2.75, 3.05) is 20.3 Å². The van der Waals surface area contributed by atoms with Gasteiger partial charge in [-0.1, -0.05) is 30.3 Å². The van der Waals surface area contributed by atoms with E-state index in [1.807, 2.05) is 52.1 Å². The Morgan fingerprint density at radius 2 is 1.95 bits per heavy atom. The van der Waals surface area contributed by atoms with E-state index in [0.29, 0.717) is 47.7 Å². The van der Waals surface area contributed by atoms with E-state index >= 15 is 0 Å². The number of hydrogen-bond acceptors (Lipinski definition) is 6. The van der Waals surface area contributed by atoms with Crippen molar-refractivity contribution in [2.45, 2.75) is 31.8 Å². The average Bonchev–Trinajstić information content (AvgIpc) is 3.51. The van der Waals surface area contributed by atoms with Gasteiger partial charge in [-0.25, -0.2) is 0 Å². The number of benzene rings is 3. The minimum atomic E-state index is -0.0299. The zero-order valence-electron chi connectivity index (χ0n) is 21.0. The third-order valence-electron chi connectivity index (χ3n) is 7.40. The Labute approximate surface area is 219 Å². The van der Waals surface area contributed by atoms with Crippen LogP contribution >= 0.6 is 0 Å². The molecule has 1 fully saturated rings. The highest BCUT2D eigenvalue weighted by Crippen LogP contribution is 2.38. The van der Waals surface area contributed by atoms with E-state index in [0.717, 1.165) is 41.1 Å². The Morgan fingerprint density at radius 3 is 2.74 bits per heavy atom. The molecule has 4 aromatic rings. The van der Waals surface area contributed by atoms with E-state index in [9.17, 15) is 15.3 Å². The molecule has 0 spiro atoms. The lowest BCUT2D eigenvalue weighted by Gasteiger charge is -2.20. The van der Waals surface area contributed by atoms with Gasteiger partial charge in [0.15, 0.2) is 17.1 Å². The van der Waals surface area contributed by atoms with Crippen LogP contribution in [0.25, 0.3) is 27.2 Å². The molecule has 38 heavy (non-hydrogen) atoms. The van der Waals surface area contributed by atoms with E-state index in [-0.39, 0.29) is 17.5 Å². The summed E-state index contributed by atoms with van der Waals surface area (Å²) in [4.78, 5) is 19.6. The smallest absolute Gasteiger partial charge is 0.256 e. The Balaban J connectivity index is 1.28. The fourth-order valence-corrected chi connectivity index (χ4v) is 5.67. The van der Waals surface area contributed by atoms with Gasteiger partial charge in [-0.2, -0.15) is 10.5 Å². The molecule has 1 aromatic heterocycles. The monoisotopic (exact) mass is 503 g/mol. The molecular weight excluding hydrogens is 478 g/mol. The number of ether oxygens (including phenoxy) is 2. The number of aryl methyl sites for hydroxylation is 1. The number of fused-ring (bicyclic) bond motifs is 2. The number of amides is 1. The third kappa shape index (κ3) is 3.74. The highest BCUT2D eigenvalue weighted by molar-refractivity contribution is 6.11. The van der Waals surface area contributed by atoms with Crippen LogP contribution in [0.4, 0.5) is 5.69 Å². The van der Waals surface area contributed by atoms with E-state index in [2.05, 4.69) is 17.1 Å². The molecule has 2 aliphatic heterocycles. The first kappa shape index (κ1) is 23.6. The molecule has 0 N–H and O–H groups in total. The second-order valence-electron chi connectivity index (χ2n) is 9.49. The summed E-state index contributed by atoms with van der Waals surface area (Å²) in [5.41, 5.74) is 2.17. The first-order chi connectivity index (χ1) is 18.6. The van der Waals surface area contributed by atoms with Gasteiger partial charge in [-0.15, -0.1) is 0 Å². The van der Waals surface area contributed by atoms with Gasteiger partial charge in [0.1, 0.15) is 12.1 Å². The SMILES string of the molecule is COc1cc2c(cc1OCCCn1c(=C(C#N)C#N)c3cccc4cccc1c43)N=C[C@@H]1CCCN1C2=O. The van der Waals surface area contributed by atoms with Gasteiger partial charge in [0.2, 0.25) is 0 Å². The molecule has 3 heterocycles. The molecule has 0 saturated carbocycles. The minimum absolute atomic E-state index is 0.0299. The molecule has 6 rings (SSSR count). The minimum Gasteiger partial charge on any atom is -0.493 e.